The molecule has 0 radical (unpaired) electrons. The lowest BCUT2D eigenvalue weighted by Crippen LogP contribution is -1.97. The number of hydrogen-bond acceptors (Lipinski definition) is 4. The minimum atomic E-state index is 0.797. The van der Waals surface area contributed by atoms with Crippen LogP contribution >= 0.6 is 11.3 Å². The molecular formula is C24H20N4S. The number of rotatable bonds is 5. The molecule has 0 aliphatic heterocycles. The average molecular weight is 397 g/mol. The fourth-order valence-corrected chi connectivity index (χ4v) is 4.29. The topological polar surface area (TPSA) is 42.2 Å². The fraction of sp³-hybridized carbons (Fsp3) is 0.0833. The van der Waals surface area contributed by atoms with Crippen LogP contribution in [0.15, 0.2) is 84.1 Å². The van der Waals surface area contributed by atoms with Gasteiger partial charge >= 0.3 is 0 Å². The highest BCUT2D eigenvalue weighted by molar-refractivity contribution is 7.22. The standard InChI is InChI=1S/C24H20N4S/c1-17-10-12-18(13-11-17)15-28-16-19(20-6-2-4-8-22(20)28)14-25-27-24-26-21-7-3-5-9-23(21)29-24/h2-14,16H,15H2,1H3,(H,26,27)/b25-14+. The van der Waals surface area contributed by atoms with E-state index in [1.165, 1.54) is 22.0 Å². The number of nitrogens with one attached hydrogen (secondary N) is 1. The third-order valence-corrected chi connectivity index (χ3v) is 5.89. The summed E-state index contributed by atoms with van der Waals surface area (Å²) in [4.78, 5) is 4.56. The second-order valence-corrected chi connectivity index (χ2v) is 8.10. The number of aromatic nitrogens is 2. The van der Waals surface area contributed by atoms with Crippen LogP contribution in [-0.2, 0) is 6.54 Å². The Kier molecular flexibility index (Phi) is 4.58. The molecule has 2 heterocycles. The zero-order chi connectivity index (χ0) is 19.6. The first kappa shape index (κ1) is 17.6. The van der Waals surface area contributed by atoms with E-state index in [-0.39, 0.29) is 0 Å². The van der Waals surface area contributed by atoms with Gasteiger partial charge in [0.2, 0.25) is 5.13 Å². The first-order valence-electron chi connectivity index (χ1n) is 9.54. The minimum absolute atomic E-state index is 0.797. The van der Waals surface area contributed by atoms with Gasteiger partial charge in [-0.15, -0.1) is 0 Å². The van der Waals surface area contributed by atoms with Crippen LogP contribution in [0.25, 0.3) is 21.1 Å². The van der Waals surface area contributed by atoms with Crippen LogP contribution in [-0.4, -0.2) is 15.8 Å². The lowest BCUT2D eigenvalue weighted by Gasteiger charge is -2.06. The van der Waals surface area contributed by atoms with E-state index in [0.717, 1.165) is 27.5 Å². The van der Waals surface area contributed by atoms with Gasteiger partial charge in [0.1, 0.15) is 0 Å². The number of benzene rings is 3. The van der Waals surface area contributed by atoms with Crippen molar-refractivity contribution in [2.45, 2.75) is 13.5 Å². The summed E-state index contributed by atoms with van der Waals surface area (Å²) in [6.45, 7) is 2.95. The van der Waals surface area contributed by atoms with Crippen LogP contribution in [0, 0.1) is 6.92 Å². The van der Waals surface area contributed by atoms with E-state index in [0.29, 0.717) is 0 Å². The number of para-hydroxylation sites is 2. The molecule has 5 heteroatoms. The highest BCUT2D eigenvalue weighted by Gasteiger charge is 2.07. The second kappa shape index (κ2) is 7.53. The third-order valence-electron chi connectivity index (χ3n) is 4.95. The van der Waals surface area contributed by atoms with Gasteiger partial charge < -0.3 is 4.57 Å². The van der Waals surface area contributed by atoms with E-state index < -0.39 is 0 Å². The largest absolute Gasteiger partial charge is 0.342 e. The molecule has 0 fully saturated rings. The van der Waals surface area contributed by atoms with Crippen LogP contribution in [0.5, 0.6) is 0 Å². The van der Waals surface area contributed by atoms with Gasteiger partial charge in [-0.1, -0.05) is 71.5 Å². The van der Waals surface area contributed by atoms with Crippen molar-refractivity contribution < 1.29 is 0 Å². The first-order chi connectivity index (χ1) is 14.3. The molecule has 0 aliphatic rings. The molecule has 0 spiro atoms. The van der Waals surface area contributed by atoms with Crippen LogP contribution in [0.3, 0.4) is 0 Å². The van der Waals surface area contributed by atoms with Gasteiger partial charge in [-0.25, -0.2) is 4.98 Å². The number of fused-ring (bicyclic) bond motifs is 2. The van der Waals surface area contributed by atoms with Gasteiger partial charge in [0.25, 0.3) is 0 Å². The number of anilines is 1. The zero-order valence-corrected chi connectivity index (χ0v) is 16.9. The maximum Gasteiger partial charge on any atom is 0.204 e. The van der Waals surface area contributed by atoms with Crippen LogP contribution in [0.1, 0.15) is 16.7 Å². The lowest BCUT2D eigenvalue weighted by molar-refractivity contribution is 0.836. The SMILES string of the molecule is Cc1ccc(Cn2cc(/C=N/Nc3nc4ccccc4s3)c3ccccc32)cc1. The quantitative estimate of drug-likeness (QED) is 0.290. The summed E-state index contributed by atoms with van der Waals surface area (Å²) < 4.78 is 3.43. The Morgan fingerprint density at radius 2 is 1.79 bits per heavy atom. The van der Waals surface area contributed by atoms with Crippen molar-refractivity contribution in [1.29, 1.82) is 0 Å². The summed E-state index contributed by atoms with van der Waals surface area (Å²) in [5.74, 6) is 0. The maximum atomic E-state index is 4.56. The highest BCUT2D eigenvalue weighted by Crippen LogP contribution is 2.25. The van der Waals surface area contributed by atoms with E-state index in [2.05, 4.69) is 87.8 Å². The van der Waals surface area contributed by atoms with Gasteiger partial charge in [-0.2, -0.15) is 5.10 Å². The summed E-state index contributed by atoms with van der Waals surface area (Å²) in [5.41, 5.74) is 8.92. The minimum Gasteiger partial charge on any atom is -0.342 e. The average Bonchev–Trinajstić information content (AvgIpc) is 3.31. The van der Waals surface area contributed by atoms with Gasteiger partial charge in [0, 0.05) is 29.2 Å². The lowest BCUT2D eigenvalue weighted by atomic mass is 10.1. The van der Waals surface area contributed by atoms with Crippen molar-refractivity contribution in [3.63, 3.8) is 0 Å². The Labute approximate surface area is 173 Å². The van der Waals surface area contributed by atoms with Gasteiger partial charge in [0.05, 0.1) is 16.4 Å². The Balaban J connectivity index is 1.42. The Bertz CT molecular complexity index is 1280. The maximum absolute atomic E-state index is 4.56. The van der Waals surface area contributed by atoms with E-state index in [9.17, 15) is 0 Å². The van der Waals surface area contributed by atoms with Crippen molar-refractivity contribution in [2.24, 2.45) is 5.10 Å². The summed E-state index contributed by atoms with van der Waals surface area (Å²) >= 11 is 1.60. The molecule has 0 saturated carbocycles. The predicted molar refractivity (Wildman–Crippen MR) is 123 cm³/mol. The van der Waals surface area contributed by atoms with Gasteiger partial charge in [0.15, 0.2) is 0 Å². The number of aryl methyl sites for hydroxylation is 1. The predicted octanol–water partition coefficient (Wildman–Crippen LogP) is 6.05. The molecule has 2 aromatic heterocycles. The summed E-state index contributed by atoms with van der Waals surface area (Å²) in [5, 5.41) is 6.44. The van der Waals surface area contributed by atoms with Crippen molar-refractivity contribution in [3.8, 4) is 0 Å². The summed E-state index contributed by atoms with van der Waals surface area (Å²) in [7, 11) is 0. The molecule has 5 rings (SSSR count). The molecular weight excluding hydrogens is 376 g/mol. The molecule has 29 heavy (non-hydrogen) atoms. The second-order valence-electron chi connectivity index (χ2n) is 7.07. The van der Waals surface area contributed by atoms with Crippen molar-refractivity contribution in [2.75, 3.05) is 5.43 Å². The van der Waals surface area contributed by atoms with Crippen molar-refractivity contribution in [3.05, 3.63) is 95.7 Å². The molecule has 1 N–H and O–H groups in total. The molecule has 0 aliphatic carbocycles. The number of hydrazone groups is 1. The zero-order valence-electron chi connectivity index (χ0n) is 16.0. The van der Waals surface area contributed by atoms with E-state index in [1.54, 1.807) is 11.3 Å². The normalized spacial score (nSPS) is 11.6. The molecule has 0 atom stereocenters. The number of hydrogen-bond donors (Lipinski definition) is 1. The van der Waals surface area contributed by atoms with E-state index >= 15 is 0 Å². The third kappa shape index (κ3) is 3.65. The number of thiazole rings is 1. The highest BCUT2D eigenvalue weighted by atomic mass is 32.1. The van der Waals surface area contributed by atoms with Crippen molar-refractivity contribution >= 4 is 43.8 Å². The fourth-order valence-electron chi connectivity index (χ4n) is 3.48. The molecule has 4 nitrogen and oxygen atoms in total. The Morgan fingerprint density at radius 3 is 2.66 bits per heavy atom. The molecule has 142 valence electrons. The van der Waals surface area contributed by atoms with E-state index in [4.69, 9.17) is 0 Å². The molecule has 5 aromatic rings. The van der Waals surface area contributed by atoms with Crippen LogP contribution in [0.4, 0.5) is 5.13 Å². The monoisotopic (exact) mass is 396 g/mol. The molecule has 0 amide bonds. The first-order valence-corrected chi connectivity index (χ1v) is 10.4. The van der Waals surface area contributed by atoms with Crippen LogP contribution < -0.4 is 5.43 Å². The number of nitrogens with zero attached hydrogens (tertiary/aromatic N) is 3. The Hall–Kier alpha value is -3.44. The molecule has 0 unspecified atom stereocenters. The van der Waals surface area contributed by atoms with Gasteiger partial charge in [-0.05, 0) is 30.7 Å². The Morgan fingerprint density at radius 1 is 1.00 bits per heavy atom. The summed E-state index contributed by atoms with van der Waals surface area (Å²) in [6, 6.07) is 25.2. The van der Waals surface area contributed by atoms with Gasteiger partial charge in [-0.3, -0.25) is 5.43 Å². The summed E-state index contributed by atoms with van der Waals surface area (Å²) in [6.07, 6.45) is 4.04. The molecule has 0 bridgehead atoms. The molecule has 0 saturated heterocycles. The van der Waals surface area contributed by atoms with Crippen LogP contribution in [0.2, 0.25) is 0 Å². The smallest absolute Gasteiger partial charge is 0.204 e. The van der Waals surface area contributed by atoms with E-state index in [1.807, 2.05) is 24.4 Å². The molecule has 3 aromatic carbocycles. The van der Waals surface area contributed by atoms with Crippen molar-refractivity contribution in [1.82, 2.24) is 9.55 Å².